The Balaban J connectivity index is 2.03. The number of ether oxygens (including phenoxy) is 2. The van der Waals surface area contributed by atoms with E-state index in [1.54, 1.807) is 20.0 Å². The number of esters is 1. The fourth-order valence-corrected chi connectivity index (χ4v) is 1.90. The minimum atomic E-state index is -0.689. The Bertz CT molecular complexity index is 634. The Morgan fingerprint density at radius 1 is 1.18 bits per heavy atom. The van der Waals surface area contributed by atoms with Crippen molar-refractivity contribution < 1.29 is 14.3 Å². The molecule has 1 aromatic heterocycles. The molecule has 1 heterocycles. The van der Waals surface area contributed by atoms with Crippen LogP contribution in [0.1, 0.15) is 13.8 Å². The number of pyridine rings is 1. The first-order chi connectivity index (χ1) is 10.4. The molecule has 0 saturated carbocycles. The maximum absolute atomic E-state index is 11.6. The minimum Gasteiger partial charge on any atom is -0.492 e. The second-order valence-electron chi connectivity index (χ2n) is 5.67. The van der Waals surface area contributed by atoms with Crippen molar-refractivity contribution in [3.05, 3.63) is 42.6 Å². The molecular formula is C17H20N2O3. The third kappa shape index (κ3) is 3.75. The van der Waals surface area contributed by atoms with Gasteiger partial charge in [-0.25, -0.2) is 0 Å². The van der Waals surface area contributed by atoms with E-state index in [0.29, 0.717) is 11.4 Å². The zero-order valence-electron chi connectivity index (χ0n) is 13.0. The molecule has 2 aromatic rings. The van der Waals surface area contributed by atoms with Crippen molar-refractivity contribution in [3.8, 4) is 17.0 Å². The molecule has 0 saturated heterocycles. The number of methoxy groups -OCH3 is 1. The molecule has 0 radical (unpaired) electrons. The monoisotopic (exact) mass is 300 g/mol. The summed E-state index contributed by atoms with van der Waals surface area (Å²) in [4.78, 5) is 15.9. The molecule has 2 rings (SSSR count). The van der Waals surface area contributed by atoms with E-state index < -0.39 is 5.41 Å². The molecule has 0 aliphatic carbocycles. The fourth-order valence-electron chi connectivity index (χ4n) is 1.90. The van der Waals surface area contributed by atoms with E-state index in [0.717, 1.165) is 11.3 Å². The Hall–Kier alpha value is -2.56. The Kier molecular flexibility index (Phi) is 4.65. The number of nitrogen functional groups attached to an aromatic ring is 1. The molecule has 0 atom stereocenters. The van der Waals surface area contributed by atoms with Crippen LogP contribution in [0, 0.1) is 5.41 Å². The standard InChI is InChI=1S/C17H20N2O3/c1-17(2,16(20)21-3)11-22-14-7-4-12(5-8-14)15-9-6-13(18)10-19-15/h4-10H,11,18H2,1-3H3. The molecule has 5 nitrogen and oxygen atoms in total. The van der Waals surface area contributed by atoms with Crippen LogP contribution < -0.4 is 10.5 Å². The van der Waals surface area contributed by atoms with Gasteiger partial charge in [0.25, 0.3) is 0 Å². The maximum atomic E-state index is 11.6. The predicted octanol–water partition coefficient (Wildman–Crippen LogP) is 2.91. The summed E-state index contributed by atoms with van der Waals surface area (Å²) in [6.45, 7) is 3.82. The van der Waals surface area contributed by atoms with Crippen LogP contribution in [0.4, 0.5) is 5.69 Å². The Morgan fingerprint density at radius 2 is 1.86 bits per heavy atom. The molecule has 0 amide bonds. The highest BCUT2D eigenvalue weighted by Gasteiger charge is 2.29. The molecule has 0 bridgehead atoms. The molecule has 22 heavy (non-hydrogen) atoms. The van der Waals surface area contributed by atoms with Crippen LogP contribution in [-0.2, 0) is 9.53 Å². The van der Waals surface area contributed by atoms with Gasteiger partial charge < -0.3 is 15.2 Å². The van der Waals surface area contributed by atoms with Gasteiger partial charge in [-0.15, -0.1) is 0 Å². The number of hydrogen-bond acceptors (Lipinski definition) is 5. The number of rotatable bonds is 5. The molecule has 116 valence electrons. The normalized spacial score (nSPS) is 11.0. The van der Waals surface area contributed by atoms with Gasteiger partial charge in [0.05, 0.1) is 30.1 Å². The lowest BCUT2D eigenvalue weighted by atomic mass is 9.95. The number of nitrogens with two attached hydrogens (primary N) is 1. The SMILES string of the molecule is COC(=O)C(C)(C)COc1ccc(-c2ccc(N)cn2)cc1. The van der Waals surface area contributed by atoms with Crippen LogP contribution in [0.3, 0.4) is 0 Å². The van der Waals surface area contributed by atoms with Gasteiger partial charge in [0.2, 0.25) is 0 Å². The Morgan fingerprint density at radius 3 is 2.41 bits per heavy atom. The molecule has 0 aliphatic rings. The number of anilines is 1. The molecular weight excluding hydrogens is 280 g/mol. The van der Waals surface area contributed by atoms with Crippen molar-refractivity contribution in [1.29, 1.82) is 0 Å². The van der Waals surface area contributed by atoms with Crippen molar-refractivity contribution >= 4 is 11.7 Å². The second kappa shape index (κ2) is 6.47. The van der Waals surface area contributed by atoms with Crippen LogP contribution in [-0.4, -0.2) is 24.7 Å². The molecule has 2 N–H and O–H groups in total. The first-order valence-electron chi connectivity index (χ1n) is 6.95. The van der Waals surface area contributed by atoms with E-state index in [1.807, 2.05) is 36.4 Å². The van der Waals surface area contributed by atoms with E-state index in [1.165, 1.54) is 7.11 Å². The number of carbonyl (C=O) groups excluding carboxylic acids is 1. The van der Waals surface area contributed by atoms with Crippen LogP contribution >= 0.6 is 0 Å². The highest BCUT2D eigenvalue weighted by Crippen LogP contribution is 2.23. The first-order valence-corrected chi connectivity index (χ1v) is 6.95. The first kappa shape index (κ1) is 15.8. The van der Waals surface area contributed by atoms with Crippen LogP contribution in [0.15, 0.2) is 42.6 Å². The fraction of sp³-hybridized carbons (Fsp3) is 0.294. The number of nitrogens with zero attached hydrogens (tertiary/aromatic N) is 1. The van der Waals surface area contributed by atoms with Crippen molar-refractivity contribution in [3.63, 3.8) is 0 Å². The summed E-state index contributed by atoms with van der Waals surface area (Å²) >= 11 is 0. The van der Waals surface area contributed by atoms with Crippen LogP contribution in [0.2, 0.25) is 0 Å². The van der Waals surface area contributed by atoms with Gasteiger partial charge in [0.15, 0.2) is 0 Å². The second-order valence-corrected chi connectivity index (χ2v) is 5.67. The van der Waals surface area contributed by atoms with Gasteiger partial charge in [0, 0.05) is 5.56 Å². The summed E-state index contributed by atoms with van der Waals surface area (Å²) in [5.74, 6) is 0.395. The Labute approximate surface area is 130 Å². The highest BCUT2D eigenvalue weighted by atomic mass is 16.5. The summed E-state index contributed by atoms with van der Waals surface area (Å²) in [5, 5.41) is 0. The van der Waals surface area contributed by atoms with E-state index in [9.17, 15) is 4.79 Å². The lowest BCUT2D eigenvalue weighted by Gasteiger charge is -2.21. The molecule has 1 aromatic carbocycles. The van der Waals surface area contributed by atoms with E-state index in [4.69, 9.17) is 15.2 Å². The summed E-state index contributed by atoms with van der Waals surface area (Å²) in [7, 11) is 1.37. The summed E-state index contributed by atoms with van der Waals surface area (Å²) < 4.78 is 10.4. The van der Waals surface area contributed by atoms with Crippen molar-refractivity contribution in [1.82, 2.24) is 4.98 Å². The molecule has 0 unspecified atom stereocenters. The van der Waals surface area contributed by atoms with Gasteiger partial charge in [-0.05, 0) is 50.2 Å². The minimum absolute atomic E-state index is 0.249. The lowest BCUT2D eigenvalue weighted by Crippen LogP contribution is -2.32. The van der Waals surface area contributed by atoms with Gasteiger partial charge >= 0.3 is 5.97 Å². The van der Waals surface area contributed by atoms with Gasteiger partial charge in [-0.1, -0.05) is 0 Å². The summed E-state index contributed by atoms with van der Waals surface area (Å²) in [6.07, 6.45) is 1.62. The molecule has 0 spiro atoms. The van der Waals surface area contributed by atoms with Crippen LogP contribution in [0.25, 0.3) is 11.3 Å². The lowest BCUT2D eigenvalue weighted by molar-refractivity contribution is -0.152. The van der Waals surface area contributed by atoms with Gasteiger partial charge in [-0.2, -0.15) is 0 Å². The van der Waals surface area contributed by atoms with Gasteiger partial charge in [-0.3, -0.25) is 9.78 Å². The van der Waals surface area contributed by atoms with Crippen molar-refractivity contribution in [2.75, 3.05) is 19.5 Å². The summed E-state index contributed by atoms with van der Waals surface area (Å²) in [5.41, 5.74) is 7.38. The van der Waals surface area contributed by atoms with Crippen LogP contribution in [0.5, 0.6) is 5.75 Å². The third-order valence-electron chi connectivity index (χ3n) is 3.27. The number of carbonyl (C=O) groups is 1. The largest absolute Gasteiger partial charge is 0.492 e. The smallest absolute Gasteiger partial charge is 0.314 e. The maximum Gasteiger partial charge on any atom is 0.314 e. The topological polar surface area (TPSA) is 74.4 Å². The van der Waals surface area contributed by atoms with E-state index in [-0.39, 0.29) is 12.6 Å². The van der Waals surface area contributed by atoms with Crippen molar-refractivity contribution in [2.45, 2.75) is 13.8 Å². The highest BCUT2D eigenvalue weighted by molar-refractivity contribution is 5.75. The average Bonchev–Trinajstić information content (AvgIpc) is 2.53. The number of benzene rings is 1. The molecule has 0 fully saturated rings. The van der Waals surface area contributed by atoms with E-state index in [2.05, 4.69) is 4.98 Å². The molecule has 5 heteroatoms. The summed E-state index contributed by atoms with van der Waals surface area (Å²) in [6, 6.07) is 11.2. The zero-order chi connectivity index (χ0) is 16.2. The van der Waals surface area contributed by atoms with Crippen molar-refractivity contribution in [2.24, 2.45) is 5.41 Å². The quantitative estimate of drug-likeness (QED) is 0.859. The number of hydrogen-bond donors (Lipinski definition) is 1. The third-order valence-corrected chi connectivity index (χ3v) is 3.27. The van der Waals surface area contributed by atoms with Gasteiger partial charge in [0.1, 0.15) is 12.4 Å². The average molecular weight is 300 g/mol. The number of aromatic nitrogens is 1. The van der Waals surface area contributed by atoms with E-state index >= 15 is 0 Å². The predicted molar refractivity (Wildman–Crippen MR) is 85.4 cm³/mol. The zero-order valence-corrected chi connectivity index (χ0v) is 13.0. The molecule has 0 aliphatic heterocycles.